The maximum absolute atomic E-state index is 6.72. The van der Waals surface area contributed by atoms with Gasteiger partial charge in [0.1, 0.15) is 5.75 Å². The first-order valence-corrected chi connectivity index (χ1v) is 7.63. The standard InChI is InChI=1S/C15H16Cl2O/c16-12-6-8-1-2-18-15(8)13(7-12)14(17)11-4-9-3-10(9)5-11/h6-7,9-11,14H,1-5H2. The Morgan fingerprint density at radius 2 is 1.94 bits per heavy atom. The summed E-state index contributed by atoms with van der Waals surface area (Å²) in [6.07, 6.45) is 4.98. The van der Waals surface area contributed by atoms with Gasteiger partial charge in [-0.1, -0.05) is 11.6 Å². The van der Waals surface area contributed by atoms with Crippen molar-refractivity contribution in [2.45, 2.75) is 31.1 Å². The van der Waals surface area contributed by atoms with E-state index < -0.39 is 0 Å². The van der Waals surface area contributed by atoms with Crippen molar-refractivity contribution in [1.29, 1.82) is 0 Å². The summed E-state index contributed by atoms with van der Waals surface area (Å²) >= 11 is 12.9. The third-order valence-corrected chi connectivity index (χ3v) is 5.58. The summed E-state index contributed by atoms with van der Waals surface area (Å²) in [6, 6.07) is 4.02. The highest BCUT2D eigenvalue weighted by atomic mass is 35.5. The SMILES string of the molecule is Clc1cc2c(c(C(Cl)C3CC4CC4C3)c1)OCC2. The topological polar surface area (TPSA) is 9.23 Å². The number of halogens is 2. The van der Waals surface area contributed by atoms with E-state index in [4.69, 9.17) is 27.9 Å². The second-order valence-electron chi connectivity index (χ2n) is 5.97. The van der Waals surface area contributed by atoms with Gasteiger partial charge in [-0.05, 0) is 54.7 Å². The van der Waals surface area contributed by atoms with Crippen LogP contribution in [0.3, 0.4) is 0 Å². The van der Waals surface area contributed by atoms with Crippen LogP contribution in [0.4, 0.5) is 0 Å². The molecule has 2 saturated carbocycles. The van der Waals surface area contributed by atoms with E-state index in [-0.39, 0.29) is 5.38 Å². The van der Waals surface area contributed by atoms with E-state index in [0.717, 1.165) is 41.2 Å². The van der Waals surface area contributed by atoms with Crippen molar-refractivity contribution in [2.24, 2.45) is 17.8 Å². The summed E-state index contributed by atoms with van der Waals surface area (Å²) < 4.78 is 5.76. The zero-order valence-electron chi connectivity index (χ0n) is 10.2. The molecular formula is C15H16Cl2O. The average Bonchev–Trinajstić information content (AvgIpc) is 2.80. The van der Waals surface area contributed by atoms with Crippen LogP contribution >= 0.6 is 23.2 Å². The van der Waals surface area contributed by atoms with Gasteiger partial charge in [-0.2, -0.15) is 0 Å². The van der Waals surface area contributed by atoms with E-state index in [9.17, 15) is 0 Å². The zero-order valence-corrected chi connectivity index (χ0v) is 11.7. The summed E-state index contributed by atoms with van der Waals surface area (Å²) in [5.41, 5.74) is 2.36. The number of rotatable bonds is 2. The number of benzene rings is 1. The van der Waals surface area contributed by atoms with Gasteiger partial charge in [0.05, 0.1) is 12.0 Å². The van der Waals surface area contributed by atoms with Crippen LogP contribution in [-0.4, -0.2) is 6.61 Å². The van der Waals surface area contributed by atoms with E-state index >= 15 is 0 Å². The maximum Gasteiger partial charge on any atom is 0.127 e. The minimum atomic E-state index is 0.0725. The number of ether oxygens (including phenoxy) is 1. The molecule has 0 bridgehead atoms. The van der Waals surface area contributed by atoms with E-state index in [1.54, 1.807) is 0 Å². The Morgan fingerprint density at radius 3 is 2.72 bits per heavy atom. The monoisotopic (exact) mass is 282 g/mol. The molecule has 1 aliphatic heterocycles. The lowest BCUT2D eigenvalue weighted by molar-refractivity contribution is 0.349. The van der Waals surface area contributed by atoms with Crippen molar-refractivity contribution in [2.75, 3.05) is 6.61 Å². The first kappa shape index (κ1) is 11.4. The quantitative estimate of drug-likeness (QED) is 0.721. The molecule has 3 heteroatoms. The van der Waals surface area contributed by atoms with Crippen LogP contribution in [0, 0.1) is 17.8 Å². The van der Waals surface area contributed by atoms with Gasteiger partial charge in [-0.15, -0.1) is 11.6 Å². The number of hydrogen-bond acceptors (Lipinski definition) is 1. The van der Waals surface area contributed by atoms with E-state index in [1.165, 1.54) is 24.8 Å². The van der Waals surface area contributed by atoms with Crippen LogP contribution in [0.2, 0.25) is 5.02 Å². The fourth-order valence-corrected chi connectivity index (χ4v) is 4.37. The van der Waals surface area contributed by atoms with Crippen LogP contribution in [-0.2, 0) is 6.42 Å². The van der Waals surface area contributed by atoms with Crippen molar-refractivity contribution in [3.8, 4) is 5.75 Å². The van der Waals surface area contributed by atoms with Crippen molar-refractivity contribution < 1.29 is 4.74 Å². The first-order valence-electron chi connectivity index (χ1n) is 6.81. The van der Waals surface area contributed by atoms with Crippen LogP contribution in [0.15, 0.2) is 12.1 Å². The van der Waals surface area contributed by atoms with Gasteiger partial charge < -0.3 is 4.74 Å². The molecule has 0 spiro atoms. The molecule has 2 aliphatic carbocycles. The van der Waals surface area contributed by atoms with Crippen LogP contribution in [0.25, 0.3) is 0 Å². The molecule has 0 saturated heterocycles. The highest BCUT2D eigenvalue weighted by molar-refractivity contribution is 6.31. The zero-order chi connectivity index (χ0) is 12.3. The molecule has 0 radical (unpaired) electrons. The second kappa shape index (κ2) is 4.05. The molecular weight excluding hydrogens is 267 g/mol. The lowest BCUT2D eigenvalue weighted by Crippen LogP contribution is -2.07. The highest BCUT2D eigenvalue weighted by Crippen LogP contribution is 2.59. The van der Waals surface area contributed by atoms with Crippen molar-refractivity contribution >= 4 is 23.2 Å². The Bertz CT molecular complexity index is 490. The molecule has 3 unspecified atom stereocenters. The summed E-state index contributed by atoms with van der Waals surface area (Å²) in [4.78, 5) is 0. The minimum absolute atomic E-state index is 0.0725. The van der Waals surface area contributed by atoms with Crippen molar-refractivity contribution in [3.05, 3.63) is 28.3 Å². The fraction of sp³-hybridized carbons (Fsp3) is 0.600. The number of alkyl halides is 1. The molecule has 0 N–H and O–H groups in total. The smallest absolute Gasteiger partial charge is 0.127 e. The Kier molecular flexibility index (Phi) is 2.57. The molecule has 2 fully saturated rings. The molecule has 1 nitrogen and oxygen atoms in total. The average molecular weight is 283 g/mol. The third kappa shape index (κ3) is 1.75. The number of hydrogen-bond donors (Lipinski definition) is 0. The lowest BCUT2D eigenvalue weighted by atomic mass is 9.92. The van der Waals surface area contributed by atoms with Gasteiger partial charge >= 0.3 is 0 Å². The summed E-state index contributed by atoms with van der Waals surface area (Å²) in [6.45, 7) is 0.766. The summed E-state index contributed by atoms with van der Waals surface area (Å²) in [7, 11) is 0. The van der Waals surface area contributed by atoms with Gasteiger partial charge in [-0.25, -0.2) is 0 Å². The van der Waals surface area contributed by atoms with Gasteiger partial charge in [0.15, 0.2) is 0 Å². The minimum Gasteiger partial charge on any atom is -0.493 e. The predicted octanol–water partition coefficient (Wildman–Crippen LogP) is 4.60. The third-order valence-electron chi connectivity index (χ3n) is 4.77. The van der Waals surface area contributed by atoms with E-state index in [1.807, 2.05) is 12.1 Å². The summed E-state index contributed by atoms with van der Waals surface area (Å²) in [5, 5.41) is 0.867. The molecule has 1 aromatic rings. The molecule has 18 heavy (non-hydrogen) atoms. The van der Waals surface area contributed by atoms with Crippen molar-refractivity contribution in [1.82, 2.24) is 0 Å². The maximum atomic E-state index is 6.72. The fourth-order valence-electron chi connectivity index (χ4n) is 3.76. The number of fused-ring (bicyclic) bond motifs is 2. The molecule has 0 aromatic heterocycles. The Balaban J connectivity index is 1.67. The van der Waals surface area contributed by atoms with Gasteiger partial charge in [0.25, 0.3) is 0 Å². The lowest BCUT2D eigenvalue weighted by Gasteiger charge is -2.21. The van der Waals surface area contributed by atoms with Crippen molar-refractivity contribution in [3.63, 3.8) is 0 Å². The normalized spacial score (nSPS) is 33.8. The Labute approximate surface area is 117 Å². The molecule has 3 aliphatic rings. The summed E-state index contributed by atoms with van der Waals surface area (Å²) in [5.74, 6) is 3.55. The van der Waals surface area contributed by atoms with Gasteiger partial charge in [0, 0.05) is 17.0 Å². The largest absolute Gasteiger partial charge is 0.493 e. The van der Waals surface area contributed by atoms with E-state index in [2.05, 4.69) is 0 Å². The highest BCUT2D eigenvalue weighted by Gasteiger charge is 2.48. The second-order valence-corrected chi connectivity index (χ2v) is 6.88. The molecule has 0 amide bonds. The Hall–Kier alpha value is -0.400. The van der Waals surface area contributed by atoms with E-state index in [0.29, 0.717) is 5.92 Å². The molecule has 4 rings (SSSR count). The molecule has 96 valence electrons. The Morgan fingerprint density at radius 1 is 1.17 bits per heavy atom. The van der Waals surface area contributed by atoms with Crippen LogP contribution < -0.4 is 4.74 Å². The predicted molar refractivity (Wildman–Crippen MR) is 73.6 cm³/mol. The molecule has 3 atom stereocenters. The first-order chi connectivity index (χ1) is 8.72. The molecule has 1 aromatic carbocycles. The van der Waals surface area contributed by atoms with Gasteiger partial charge in [-0.3, -0.25) is 0 Å². The van der Waals surface area contributed by atoms with Gasteiger partial charge in [0.2, 0.25) is 0 Å². The van der Waals surface area contributed by atoms with Crippen LogP contribution in [0.5, 0.6) is 5.75 Å². The molecule has 1 heterocycles. The van der Waals surface area contributed by atoms with Crippen LogP contribution in [0.1, 0.15) is 35.8 Å².